The summed E-state index contributed by atoms with van der Waals surface area (Å²) < 4.78 is 6.70. The van der Waals surface area contributed by atoms with Crippen LogP contribution in [0.5, 0.6) is 0 Å². The molecule has 1 fully saturated rings. The van der Waals surface area contributed by atoms with Crippen LogP contribution >= 0.6 is 0 Å². The Balaban J connectivity index is 0. The number of rotatable bonds is 2. The smallest absolute Gasteiger partial charge is 1.00 e. The summed E-state index contributed by atoms with van der Waals surface area (Å²) in [7, 11) is 0. The maximum Gasteiger partial charge on any atom is 1.00 e. The molecule has 2 aromatic heterocycles. The number of H-pyrrole nitrogens is 1. The van der Waals surface area contributed by atoms with Crippen molar-refractivity contribution in [3.63, 3.8) is 0 Å². The van der Waals surface area contributed by atoms with Gasteiger partial charge in [-0.1, -0.05) is 0 Å². The number of aliphatic hydroxyl groups excluding tert-OH is 3. The van der Waals surface area contributed by atoms with E-state index in [0.29, 0.717) is 0 Å². The number of hydrogen-bond donors (Lipinski definition) is 4. The second-order valence-corrected chi connectivity index (χ2v) is 4.28. The fourth-order valence-corrected chi connectivity index (χ4v) is 2.16. The number of nitrogens with zero attached hydrogens (tertiary/aromatic N) is 3. The summed E-state index contributed by atoms with van der Waals surface area (Å²) in [4.78, 5) is 21.8. The molecule has 0 saturated carbocycles. The molecule has 0 aromatic carbocycles. The van der Waals surface area contributed by atoms with Gasteiger partial charge in [-0.05, 0) is 0 Å². The van der Waals surface area contributed by atoms with Crippen LogP contribution in [0.25, 0.3) is 11.2 Å². The van der Waals surface area contributed by atoms with Gasteiger partial charge in [-0.25, -0.2) is 9.97 Å². The maximum absolute atomic E-state index is 11.5. The molecule has 0 bridgehead atoms. The third-order valence-corrected chi connectivity index (χ3v) is 3.16. The number of imidazole rings is 1. The minimum Gasteiger partial charge on any atom is -1.00 e. The number of aromatic nitrogens is 4. The molecule has 0 radical (unpaired) electrons. The fourth-order valence-electron chi connectivity index (χ4n) is 2.16. The van der Waals surface area contributed by atoms with Crippen LogP contribution in [0.2, 0.25) is 0 Å². The molecule has 11 heteroatoms. The van der Waals surface area contributed by atoms with Gasteiger partial charge in [0, 0.05) is 0 Å². The van der Waals surface area contributed by atoms with Gasteiger partial charge in [-0.3, -0.25) is 9.36 Å². The van der Waals surface area contributed by atoms with E-state index in [0.717, 1.165) is 0 Å². The Morgan fingerprint density at radius 2 is 2.05 bits per heavy atom. The van der Waals surface area contributed by atoms with Gasteiger partial charge < -0.3 is 27.9 Å². The standard InChI is InChI=1S/C10H12N4O5.2Na.2H/c15-1-4-6(16)7(17)10(19-4)14-3-13-5-8(14)11-2-12-9(5)18;;;;/h2-4,6-7,10,15-17H,1H2,(H,11,12,18);;;;/q;2*+1;2*-1/t4-,6?,7?,10-;;;;/m1..../s1. The summed E-state index contributed by atoms with van der Waals surface area (Å²) in [5.41, 5.74) is -0.0608. The summed E-state index contributed by atoms with van der Waals surface area (Å²) in [6, 6.07) is 0. The van der Waals surface area contributed by atoms with Gasteiger partial charge in [-0.15, -0.1) is 0 Å². The molecule has 1 aliphatic heterocycles. The van der Waals surface area contributed by atoms with Crippen LogP contribution in [0.3, 0.4) is 0 Å². The second kappa shape index (κ2) is 7.64. The SMILES string of the molecule is O=c1[nH]cnc2c1ncn2[C@@H]1O[C@H](CO)C(O)C1O.[H-].[H-].[Na+].[Na+]. The van der Waals surface area contributed by atoms with Crippen LogP contribution < -0.4 is 64.7 Å². The van der Waals surface area contributed by atoms with E-state index in [1.807, 2.05) is 0 Å². The molecule has 4 N–H and O–H groups in total. The largest absolute Gasteiger partial charge is 1.00 e. The van der Waals surface area contributed by atoms with E-state index in [1.54, 1.807) is 0 Å². The maximum atomic E-state index is 11.5. The monoisotopic (exact) mass is 316 g/mol. The van der Waals surface area contributed by atoms with E-state index in [4.69, 9.17) is 9.84 Å². The Hall–Kier alpha value is 0.190. The summed E-state index contributed by atoms with van der Waals surface area (Å²) in [5.74, 6) is 0. The Kier molecular flexibility index (Phi) is 7.00. The van der Waals surface area contributed by atoms with Crippen LogP contribution in [0.4, 0.5) is 0 Å². The zero-order valence-electron chi connectivity index (χ0n) is 13.7. The molecule has 3 heterocycles. The van der Waals surface area contributed by atoms with Gasteiger partial charge >= 0.3 is 59.1 Å². The molecule has 21 heavy (non-hydrogen) atoms. The molecule has 9 nitrogen and oxygen atoms in total. The molecule has 0 amide bonds. The molecule has 0 aliphatic carbocycles. The number of nitrogens with one attached hydrogen (secondary N) is 1. The molecular weight excluding hydrogens is 302 g/mol. The quantitative estimate of drug-likeness (QED) is 0.404. The van der Waals surface area contributed by atoms with E-state index in [9.17, 15) is 15.0 Å². The Morgan fingerprint density at radius 3 is 2.67 bits per heavy atom. The molecule has 0 spiro atoms. The van der Waals surface area contributed by atoms with Crippen molar-refractivity contribution < 1.29 is 82.0 Å². The molecule has 1 aliphatic rings. The second-order valence-electron chi connectivity index (χ2n) is 4.28. The number of fused-ring (bicyclic) bond motifs is 1. The van der Waals surface area contributed by atoms with Crippen molar-refractivity contribution in [3.8, 4) is 0 Å². The van der Waals surface area contributed by atoms with Gasteiger partial charge in [0.25, 0.3) is 5.56 Å². The first-order valence-corrected chi connectivity index (χ1v) is 5.66. The van der Waals surface area contributed by atoms with Crippen molar-refractivity contribution in [1.29, 1.82) is 0 Å². The van der Waals surface area contributed by atoms with E-state index in [1.165, 1.54) is 17.2 Å². The third kappa shape index (κ3) is 3.27. The molecule has 3 rings (SSSR count). The zero-order chi connectivity index (χ0) is 13.6. The average molecular weight is 316 g/mol. The number of aliphatic hydroxyl groups is 3. The van der Waals surface area contributed by atoms with Crippen molar-refractivity contribution in [3.05, 3.63) is 23.0 Å². The van der Waals surface area contributed by atoms with E-state index in [-0.39, 0.29) is 73.1 Å². The van der Waals surface area contributed by atoms with E-state index < -0.39 is 36.7 Å². The molecule has 2 aromatic rings. The van der Waals surface area contributed by atoms with Crippen LogP contribution in [0.15, 0.2) is 17.4 Å². The molecule has 4 atom stereocenters. The first-order valence-electron chi connectivity index (χ1n) is 5.66. The first kappa shape index (κ1) is 19.2. The first-order chi connectivity index (χ1) is 9.13. The van der Waals surface area contributed by atoms with Gasteiger partial charge in [0.2, 0.25) is 0 Å². The van der Waals surface area contributed by atoms with Crippen LogP contribution in [-0.2, 0) is 4.74 Å². The summed E-state index contributed by atoms with van der Waals surface area (Å²) in [6.45, 7) is -0.421. The topological polar surface area (TPSA) is 133 Å². The van der Waals surface area contributed by atoms with Gasteiger partial charge in [-0.2, -0.15) is 0 Å². The van der Waals surface area contributed by atoms with Crippen molar-refractivity contribution >= 4 is 11.2 Å². The summed E-state index contributed by atoms with van der Waals surface area (Å²) in [5, 5.41) is 28.6. The molecule has 2 unspecified atom stereocenters. The van der Waals surface area contributed by atoms with Gasteiger partial charge in [0.1, 0.15) is 18.3 Å². The minimum absolute atomic E-state index is 0. The fraction of sp³-hybridized carbons (Fsp3) is 0.500. The zero-order valence-corrected chi connectivity index (χ0v) is 15.7. The number of hydrogen-bond acceptors (Lipinski definition) is 7. The van der Waals surface area contributed by atoms with Crippen molar-refractivity contribution in [2.45, 2.75) is 24.5 Å². The predicted octanol–water partition coefficient (Wildman–Crippen LogP) is -8.04. The summed E-state index contributed by atoms with van der Waals surface area (Å²) in [6.07, 6.45) is -1.78. The Bertz CT molecular complexity index is 672. The molecular formula is C10H14N4Na2O5. The van der Waals surface area contributed by atoms with E-state index >= 15 is 0 Å². The molecule has 1 saturated heterocycles. The van der Waals surface area contributed by atoms with Crippen molar-refractivity contribution in [2.24, 2.45) is 0 Å². The van der Waals surface area contributed by atoms with Crippen LogP contribution in [-0.4, -0.2) is 59.8 Å². The number of aromatic amines is 1. The minimum atomic E-state index is -1.24. The van der Waals surface area contributed by atoms with Gasteiger partial charge in [0.15, 0.2) is 17.4 Å². The van der Waals surface area contributed by atoms with Crippen molar-refractivity contribution in [1.82, 2.24) is 19.5 Å². The average Bonchev–Trinajstić information content (AvgIpc) is 2.94. The normalized spacial score (nSPS) is 28.1. The predicted molar refractivity (Wildman–Crippen MR) is 63.4 cm³/mol. The van der Waals surface area contributed by atoms with E-state index in [2.05, 4.69) is 15.0 Å². The van der Waals surface area contributed by atoms with Crippen LogP contribution in [0, 0.1) is 0 Å². The Morgan fingerprint density at radius 1 is 1.33 bits per heavy atom. The van der Waals surface area contributed by atoms with Gasteiger partial charge in [0.05, 0.1) is 19.3 Å². The Labute approximate surface area is 165 Å². The van der Waals surface area contributed by atoms with Crippen molar-refractivity contribution in [2.75, 3.05) is 6.61 Å². The van der Waals surface area contributed by atoms with Crippen LogP contribution in [0.1, 0.15) is 9.08 Å². The molecule has 106 valence electrons. The summed E-state index contributed by atoms with van der Waals surface area (Å²) >= 11 is 0. The third-order valence-electron chi connectivity index (χ3n) is 3.16. The number of ether oxygens (including phenoxy) is 1.